The minimum absolute atomic E-state index is 0.468. The second-order valence-corrected chi connectivity index (χ2v) is 7.50. The Labute approximate surface area is 175 Å². The molecule has 2 aromatic heterocycles. The molecule has 2 N–H and O–H groups in total. The van der Waals surface area contributed by atoms with Gasteiger partial charge in [0, 0.05) is 17.0 Å². The summed E-state index contributed by atoms with van der Waals surface area (Å²) in [6, 6.07) is 27.3. The quantitative estimate of drug-likeness (QED) is 0.359. The summed E-state index contributed by atoms with van der Waals surface area (Å²) >= 11 is 0. The Morgan fingerprint density at radius 2 is 1.47 bits per heavy atom. The van der Waals surface area contributed by atoms with E-state index >= 15 is 0 Å². The molecule has 0 amide bonds. The van der Waals surface area contributed by atoms with Crippen molar-refractivity contribution in [3.05, 3.63) is 102 Å². The summed E-state index contributed by atoms with van der Waals surface area (Å²) in [6.45, 7) is 2.06. The van der Waals surface area contributed by atoms with Gasteiger partial charge < -0.3 is 5.73 Å². The summed E-state index contributed by atoms with van der Waals surface area (Å²) in [5, 5.41) is 2.10. The van der Waals surface area contributed by atoms with E-state index < -0.39 is 0 Å². The zero-order chi connectivity index (χ0) is 20.5. The van der Waals surface area contributed by atoms with Crippen LogP contribution in [0.3, 0.4) is 0 Å². The SMILES string of the molecule is Cc1ccc2c(c1)nc(N)c1ncc(C=Cc3ccc(-c4ccccc4)cc3)cc12. The number of pyridine rings is 2. The second-order valence-electron chi connectivity index (χ2n) is 7.50. The van der Waals surface area contributed by atoms with Crippen molar-refractivity contribution in [2.45, 2.75) is 6.92 Å². The Morgan fingerprint density at radius 3 is 2.27 bits per heavy atom. The Morgan fingerprint density at radius 1 is 0.733 bits per heavy atom. The van der Waals surface area contributed by atoms with Crippen LogP contribution in [0.25, 0.3) is 45.1 Å². The van der Waals surface area contributed by atoms with Crippen molar-refractivity contribution in [3.8, 4) is 11.1 Å². The van der Waals surface area contributed by atoms with E-state index in [0.717, 1.165) is 38.5 Å². The van der Waals surface area contributed by atoms with Gasteiger partial charge in [-0.05, 0) is 46.9 Å². The molecule has 0 saturated carbocycles. The fraction of sp³-hybridized carbons (Fsp3) is 0.0370. The van der Waals surface area contributed by atoms with Crippen LogP contribution in [0.4, 0.5) is 5.82 Å². The molecule has 0 aliphatic carbocycles. The number of nitrogen functional groups attached to an aromatic ring is 1. The first-order valence-electron chi connectivity index (χ1n) is 9.96. The number of nitrogens with two attached hydrogens (primary N) is 1. The highest BCUT2D eigenvalue weighted by atomic mass is 14.9. The number of anilines is 1. The molecule has 3 aromatic carbocycles. The molecule has 2 heterocycles. The van der Waals surface area contributed by atoms with Gasteiger partial charge in [-0.2, -0.15) is 0 Å². The largest absolute Gasteiger partial charge is 0.382 e. The Bertz CT molecular complexity index is 1390. The first-order chi connectivity index (χ1) is 14.7. The summed E-state index contributed by atoms with van der Waals surface area (Å²) in [5.74, 6) is 0.468. The molecular weight excluding hydrogens is 366 g/mol. The molecule has 144 valence electrons. The van der Waals surface area contributed by atoms with Gasteiger partial charge in [-0.3, -0.25) is 4.98 Å². The van der Waals surface area contributed by atoms with Crippen LogP contribution in [-0.4, -0.2) is 9.97 Å². The summed E-state index contributed by atoms with van der Waals surface area (Å²) in [6.07, 6.45) is 6.03. The predicted octanol–water partition coefficient (Wildman–Crippen LogP) is 6.51. The Hall–Kier alpha value is -3.98. The van der Waals surface area contributed by atoms with Crippen LogP contribution in [0.2, 0.25) is 0 Å². The molecular formula is C27H21N3. The number of nitrogens with zero attached hydrogens (tertiary/aromatic N) is 2. The Balaban J connectivity index is 1.49. The molecule has 0 bridgehead atoms. The highest BCUT2D eigenvalue weighted by molar-refractivity contribution is 6.08. The van der Waals surface area contributed by atoms with Crippen molar-refractivity contribution in [1.29, 1.82) is 0 Å². The topological polar surface area (TPSA) is 51.8 Å². The first kappa shape index (κ1) is 18.1. The fourth-order valence-corrected chi connectivity index (χ4v) is 3.74. The van der Waals surface area contributed by atoms with Gasteiger partial charge in [-0.25, -0.2) is 4.98 Å². The third-order valence-electron chi connectivity index (χ3n) is 5.32. The predicted molar refractivity (Wildman–Crippen MR) is 127 cm³/mol. The lowest BCUT2D eigenvalue weighted by molar-refractivity contribution is 1.35. The van der Waals surface area contributed by atoms with Gasteiger partial charge in [0.2, 0.25) is 0 Å². The van der Waals surface area contributed by atoms with Crippen LogP contribution in [-0.2, 0) is 0 Å². The van der Waals surface area contributed by atoms with Crippen molar-refractivity contribution in [3.63, 3.8) is 0 Å². The van der Waals surface area contributed by atoms with Gasteiger partial charge in [-0.1, -0.05) is 78.9 Å². The van der Waals surface area contributed by atoms with Crippen LogP contribution in [0, 0.1) is 6.92 Å². The lowest BCUT2D eigenvalue weighted by Crippen LogP contribution is -1.96. The van der Waals surface area contributed by atoms with Crippen molar-refractivity contribution in [2.24, 2.45) is 0 Å². The molecule has 5 aromatic rings. The standard InChI is InChI=1S/C27H21N3/c1-18-7-14-23-24-16-20(17-29-26(24)27(28)30-25(23)15-18)9-8-19-10-12-22(13-11-19)21-5-3-2-4-6-21/h2-17H,1H3,(H2,28,30). The van der Waals surface area contributed by atoms with E-state index in [4.69, 9.17) is 5.73 Å². The number of fused-ring (bicyclic) bond motifs is 3. The molecule has 0 saturated heterocycles. The fourth-order valence-electron chi connectivity index (χ4n) is 3.74. The van der Waals surface area contributed by atoms with Gasteiger partial charge in [-0.15, -0.1) is 0 Å². The molecule has 30 heavy (non-hydrogen) atoms. The summed E-state index contributed by atoms with van der Waals surface area (Å²) in [4.78, 5) is 9.10. The second kappa shape index (κ2) is 7.45. The monoisotopic (exact) mass is 387 g/mol. The minimum atomic E-state index is 0.468. The molecule has 0 aliphatic rings. The van der Waals surface area contributed by atoms with Crippen molar-refractivity contribution in [1.82, 2.24) is 9.97 Å². The van der Waals surface area contributed by atoms with E-state index in [1.807, 2.05) is 12.3 Å². The van der Waals surface area contributed by atoms with Crippen LogP contribution in [0.15, 0.2) is 85.1 Å². The molecule has 0 spiro atoms. The number of hydrogen-bond acceptors (Lipinski definition) is 3. The van der Waals surface area contributed by atoms with Crippen LogP contribution in [0.5, 0.6) is 0 Å². The van der Waals surface area contributed by atoms with Gasteiger partial charge in [0.25, 0.3) is 0 Å². The average molecular weight is 387 g/mol. The van der Waals surface area contributed by atoms with Gasteiger partial charge in [0.05, 0.1) is 5.52 Å². The van der Waals surface area contributed by atoms with Crippen molar-refractivity contribution < 1.29 is 0 Å². The van der Waals surface area contributed by atoms with Crippen LogP contribution >= 0.6 is 0 Å². The highest BCUT2D eigenvalue weighted by Crippen LogP contribution is 2.28. The number of benzene rings is 3. The van der Waals surface area contributed by atoms with E-state index in [1.54, 1.807) is 0 Å². The maximum Gasteiger partial charge on any atom is 0.150 e. The number of aromatic nitrogens is 2. The lowest BCUT2D eigenvalue weighted by atomic mass is 10.0. The zero-order valence-corrected chi connectivity index (χ0v) is 16.7. The number of aryl methyl sites for hydroxylation is 1. The van der Waals surface area contributed by atoms with Crippen LogP contribution in [0.1, 0.15) is 16.7 Å². The zero-order valence-electron chi connectivity index (χ0n) is 16.7. The van der Waals surface area contributed by atoms with Crippen molar-refractivity contribution >= 4 is 39.8 Å². The normalized spacial score (nSPS) is 11.5. The molecule has 0 unspecified atom stereocenters. The third kappa shape index (κ3) is 3.42. The molecule has 3 heteroatoms. The summed E-state index contributed by atoms with van der Waals surface area (Å²) in [5.41, 5.74) is 13.6. The molecule has 0 atom stereocenters. The Kier molecular flexibility index (Phi) is 4.49. The van der Waals surface area contributed by atoms with Crippen LogP contribution < -0.4 is 5.73 Å². The minimum Gasteiger partial charge on any atom is -0.382 e. The maximum absolute atomic E-state index is 6.16. The molecule has 0 fully saturated rings. The average Bonchev–Trinajstić information content (AvgIpc) is 2.78. The summed E-state index contributed by atoms with van der Waals surface area (Å²) < 4.78 is 0. The third-order valence-corrected chi connectivity index (χ3v) is 5.32. The van der Waals surface area contributed by atoms with Crippen molar-refractivity contribution in [2.75, 3.05) is 5.73 Å². The number of hydrogen-bond donors (Lipinski definition) is 1. The van der Waals surface area contributed by atoms with Gasteiger partial charge in [0.15, 0.2) is 5.82 Å². The first-order valence-corrected chi connectivity index (χ1v) is 9.96. The van der Waals surface area contributed by atoms with E-state index in [-0.39, 0.29) is 0 Å². The highest BCUT2D eigenvalue weighted by Gasteiger charge is 2.08. The smallest absolute Gasteiger partial charge is 0.150 e. The molecule has 0 radical (unpaired) electrons. The molecule has 0 aliphatic heterocycles. The van der Waals surface area contributed by atoms with Gasteiger partial charge >= 0.3 is 0 Å². The van der Waals surface area contributed by atoms with E-state index in [2.05, 4.69) is 102 Å². The molecule has 5 rings (SSSR count). The van der Waals surface area contributed by atoms with E-state index in [9.17, 15) is 0 Å². The lowest BCUT2D eigenvalue weighted by Gasteiger charge is -2.07. The van der Waals surface area contributed by atoms with E-state index in [0.29, 0.717) is 5.82 Å². The maximum atomic E-state index is 6.16. The van der Waals surface area contributed by atoms with Gasteiger partial charge in [0.1, 0.15) is 5.52 Å². The summed E-state index contributed by atoms with van der Waals surface area (Å²) in [7, 11) is 0. The molecule has 3 nitrogen and oxygen atoms in total. The number of rotatable bonds is 3. The van der Waals surface area contributed by atoms with E-state index in [1.165, 1.54) is 11.1 Å².